The fourth-order valence-corrected chi connectivity index (χ4v) is 6.24. The van der Waals surface area contributed by atoms with E-state index in [4.69, 9.17) is 4.74 Å². The average molecular weight is 591 g/mol. The monoisotopic (exact) mass is 590 g/mol. The maximum Gasteiger partial charge on any atom is 0.229 e. The first kappa shape index (κ1) is 29.1. The number of anilines is 2. The smallest absolute Gasteiger partial charge is 0.229 e. The summed E-state index contributed by atoms with van der Waals surface area (Å²) in [4.78, 5) is 33.7. The molecule has 2 saturated heterocycles. The molecule has 12 heteroatoms. The Morgan fingerprint density at radius 3 is 2.67 bits per heavy atom. The van der Waals surface area contributed by atoms with Gasteiger partial charge in [0.1, 0.15) is 28.5 Å². The maximum atomic E-state index is 15.0. The summed E-state index contributed by atoms with van der Waals surface area (Å²) in [6.45, 7) is 12.0. The zero-order valence-corrected chi connectivity index (χ0v) is 24.9. The predicted molar refractivity (Wildman–Crippen MR) is 159 cm³/mol. The highest BCUT2D eigenvalue weighted by molar-refractivity contribution is 5.83. The number of pyridine rings is 1. The van der Waals surface area contributed by atoms with Crippen LogP contribution < -0.4 is 5.32 Å². The van der Waals surface area contributed by atoms with Crippen LogP contribution in [-0.4, -0.2) is 78.6 Å². The number of hydrogen-bond donors (Lipinski definition) is 1. The minimum Gasteiger partial charge on any atom is -0.370 e. The molecule has 0 aliphatic carbocycles. The second-order valence-electron chi connectivity index (χ2n) is 11.7. The molecule has 4 aromatic rings. The number of halogens is 2. The molecule has 6 rings (SSSR count). The molecule has 0 saturated carbocycles. The fourth-order valence-electron chi connectivity index (χ4n) is 6.24. The van der Waals surface area contributed by atoms with Gasteiger partial charge in [-0.25, -0.2) is 28.7 Å². The average Bonchev–Trinajstić information content (AvgIpc) is 3.55. The molecule has 1 spiro atoms. The van der Waals surface area contributed by atoms with Gasteiger partial charge < -0.3 is 19.5 Å². The van der Waals surface area contributed by atoms with Gasteiger partial charge in [-0.05, 0) is 51.0 Å². The number of aromatic nitrogens is 5. The van der Waals surface area contributed by atoms with E-state index in [1.54, 1.807) is 12.3 Å². The highest BCUT2D eigenvalue weighted by Crippen LogP contribution is 2.32. The van der Waals surface area contributed by atoms with Crippen molar-refractivity contribution in [3.63, 3.8) is 0 Å². The summed E-state index contributed by atoms with van der Waals surface area (Å²) in [6.07, 6.45) is 4.21. The minimum atomic E-state index is -0.660. The third-order valence-corrected chi connectivity index (χ3v) is 8.23. The van der Waals surface area contributed by atoms with Crippen LogP contribution in [0.2, 0.25) is 0 Å². The largest absolute Gasteiger partial charge is 0.370 e. The van der Waals surface area contributed by atoms with E-state index in [2.05, 4.69) is 30.2 Å². The number of morpholine rings is 1. The molecule has 1 aromatic carbocycles. The number of hydrogen-bond acceptors (Lipinski definition) is 8. The van der Waals surface area contributed by atoms with Gasteiger partial charge in [0.25, 0.3) is 0 Å². The molecule has 1 amide bonds. The second kappa shape index (κ2) is 11.6. The quantitative estimate of drug-likeness (QED) is 0.321. The van der Waals surface area contributed by atoms with Crippen molar-refractivity contribution in [3.05, 3.63) is 59.7 Å². The van der Waals surface area contributed by atoms with Gasteiger partial charge in [0.05, 0.1) is 24.9 Å². The maximum absolute atomic E-state index is 15.0. The molecule has 2 aliphatic heterocycles. The van der Waals surface area contributed by atoms with Crippen LogP contribution in [0.1, 0.15) is 51.0 Å². The van der Waals surface area contributed by atoms with Gasteiger partial charge >= 0.3 is 0 Å². The zero-order valence-electron chi connectivity index (χ0n) is 24.9. The lowest BCUT2D eigenvalue weighted by Gasteiger charge is -2.40. The Balaban J connectivity index is 1.15. The lowest BCUT2D eigenvalue weighted by molar-refractivity contribution is -0.134. The SMILES string of the molecule is CCC(=O)N1CC[C@@]2(CN(Cc3ccc(Nc4ncc(F)c(-c5cc(F)c6nc(C)n(C(C)C)c6c5)n4)nc3)CCO2)C1. The Kier molecular flexibility index (Phi) is 7.82. The van der Waals surface area contributed by atoms with Gasteiger partial charge in [-0.1, -0.05) is 13.0 Å². The van der Waals surface area contributed by atoms with Crippen molar-refractivity contribution < 1.29 is 18.3 Å². The van der Waals surface area contributed by atoms with Crippen LogP contribution in [0.4, 0.5) is 20.5 Å². The first-order valence-corrected chi connectivity index (χ1v) is 14.7. The third-order valence-electron chi connectivity index (χ3n) is 8.23. The molecule has 10 nitrogen and oxygen atoms in total. The Morgan fingerprint density at radius 1 is 1.09 bits per heavy atom. The number of carbonyl (C=O) groups excluding carboxylic acids is 1. The number of aryl methyl sites for hydroxylation is 1. The molecular formula is C31H36F2N8O2. The van der Waals surface area contributed by atoms with Gasteiger partial charge in [-0.3, -0.25) is 9.69 Å². The fraction of sp³-hybridized carbons (Fsp3) is 0.452. The van der Waals surface area contributed by atoms with Gasteiger partial charge in [-0.15, -0.1) is 0 Å². The number of imidazole rings is 1. The summed E-state index contributed by atoms with van der Waals surface area (Å²) >= 11 is 0. The normalized spacial score (nSPS) is 19.2. The highest BCUT2D eigenvalue weighted by Gasteiger charge is 2.43. The number of amides is 1. The van der Waals surface area contributed by atoms with Crippen molar-refractivity contribution in [1.29, 1.82) is 0 Å². The first-order chi connectivity index (χ1) is 20.6. The molecule has 226 valence electrons. The molecule has 3 aromatic heterocycles. The molecule has 5 heterocycles. The molecule has 0 bridgehead atoms. The third kappa shape index (κ3) is 5.81. The number of ether oxygens (including phenoxy) is 1. The minimum absolute atomic E-state index is 0.0172. The Labute approximate surface area is 249 Å². The summed E-state index contributed by atoms with van der Waals surface area (Å²) in [5.41, 5.74) is 1.83. The van der Waals surface area contributed by atoms with E-state index in [0.717, 1.165) is 37.8 Å². The van der Waals surface area contributed by atoms with Crippen LogP contribution in [0.15, 0.2) is 36.7 Å². The van der Waals surface area contributed by atoms with E-state index < -0.39 is 11.6 Å². The van der Waals surface area contributed by atoms with E-state index in [-0.39, 0.29) is 34.7 Å². The Morgan fingerprint density at radius 2 is 1.93 bits per heavy atom. The summed E-state index contributed by atoms with van der Waals surface area (Å²) < 4.78 is 38.0. The molecule has 1 atom stereocenters. The Hall–Kier alpha value is -4.03. The molecule has 2 fully saturated rings. The van der Waals surface area contributed by atoms with Crippen molar-refractivity contribution >= 4 is 28.7 Å². The predicted octanol–water partition coefficient (Wildman–Crippen LogP) is 5.01. The molecule has 2 aliphatic rings. The number of rotatable bonds is 7. The van der Waals surface area contributed by atoms with E-state index in [9.17, 15) is 9.18 Å². The molecule has 0 unspecified atom stereocenters. The van der Waals surface area contributed by atoms with Gasteiger partial charge in [0, 0.05) is 50.4 Å². The topological polar surface area (TPSA) is 101 Å². The molecule has 43 heavy (non-hydrogen) atoms. The van der Waals surface area contributed by atoms with Crippen LogP contribution >= 0.6 is 0 Å². The number of carbonyl (C=O) groups is 1. The van der Waals surface area contributed by atoms with Crippen LogP contribution in [0, 0.1) is 18.6 Å². The summed E-state index contributed by atoms with van der Waals surface area (Å²) in [7, 11) is 0. The first-order valence-electron chi connectivity index (χ1n) is 14.7. The molecular weight excluding hydrogens is 554 g/mol. The van der Waals surface area contributed by atoms with E-state index in [0.29, 0.717) is 48.8 Å². The van der Waals surface area contributed by atoms with Crippen molar-refractivity contribution in [2.75, 3.05) is 38.1 Å². The van der Waals surface area contributed by atoms with Crippen LogP contribution in [0.25, 0.3) is 22.3 Å². The van der Waals surface area contributed by atoms with Gasteiger partial charge in [-0.2, -0.15) is 0 Å². The number of likely N-dealkylation sites (tertiary alicyclic amines) is 1. The van der Waals surface area contributed by atoms with Crippen molar-refractivity contribution in [2.45, 2.75) is 58.7 Å². The lowest BCUT2D eigenvalue weighted by atomic mass is 10.0. The van der Waals surface area contributed by atoms with E-state index in [1.807, 2.05) is 49.3 Å². The standard InChI is InChI=1S/C31H36F2N8O2/c1-5-27(42)40-9-8-31(18-40)17-39(10-11-43-31)16-21-6-7-26(34-14-21)37-30-35-15-24(33)28(38-30)22-12-23(32)29-25(13-22)41(19(2)3)20(4)36-29/h6-7,12-15,19H,5,8-11,16-18H2,1-4H3,(H,34,35,37,38)/t31-/m1/s1. The Bertz CT molecular complexity index is 1660. The second-order valence-corrected chi connectivity index (χ2v) is 11.7. The summed E-state index contributed by atoms with van der Waals surface area (Å²) in [5, 5.41) is 3.04. The number of nitrogens with zero attached hydrogens (tertiary/aromatic N) is 7. The van der Waals surface area contributed by atoms with Gasteiger partial charge in [0.15, 0.2) is 11.6 Å². The van der Waals surface area contributed by atoms with Gasteiger partial charge in [0.2, 0.25) is 11.9 Å². The van der Waals surface area contributed by atoms with Crippen molar-refractivity contribution in [1.82, 2.24) is 34.3 Å². The van der Waals surface area contributed by atoms with Crippen molar-refractivity contribution in [3.8, 4) is 11.3 Å². The van der Waals surface area contributed by atoms with E-state index in [1.165, 1.54) is 6.07 Å². The van der Waals surface area contributed by atoms with Crippen LogP contribution in [0.5, 0.6) is 0 Å². The molecule has 0 radical (unpaired) electrons. The summed E-state index contributed by atoms with van der Waals surface area (Å²) in [6, 6.07) is 6.81. The number of fused-ring (bicyclic) bond motifs is 1. The number of benzene rings is 1. The zero-order chi connectivity index (χ0) is 30.3. The van der Waals surface area contributed by atoms with E-state index >= 15 is 4.39 Å². The highest BCUT2D eigenvalue weighted by atomic mass is 19.1. The van der Waals surface area contributed by atoms with Crippen LogP contribution in [0.3, 0.4) is 0 Å². The molecule has 1 N–H and O–H groups in total. The summed E-state index contributed by atoms with van der Waals surface area (Å²) in [5.74, 6) is 0.304. The van der Waals surface area contributed by atoms with Crippen LogP contribution in [-0.2, 0) is 16.1 Å². The van der Waals surface area contributed by atoms with Crippen molar-refractivity contribution in [2.24, 2.45) is 0 Å². The lowest BCUT2D eigenvalue weighted by Crippen LogP contribution is -2.53. The number of nitrogens with one attached hydrogen (secondary N) is 1.